The lowest BCUT2D eigenvalue weighted by molar-refractivity contribution is 0.779. The van der Waals surface area contributed by atoms with Gasteiger partial charge in [0.1, 0.15) is 5.52 Å². The second-order valence-electron chi connectivity index (χ2n) is 3.68. The summed E-state index contributed by atoms with van der Waals surface area (Å²) < 4.78 is 2.08. The molecule has 4 heteroatoms. The summed E-state index contributed by atoms with van der Waals surface area (Å²) in [7, 11) is 0. The van der Waals surface area contributed by atoms with E-state index < -0.39 is 0 Å². The predicted octanol–water partition coefficient (Wildman–Crippen LogP) is 2.61. The number of rotatable bonds is 1. The van der Waals surface area contributed by atoms with Crippen LogP contribution < -0.4 is 5.73 Å². The molecular weight excluding hydrogens is 198 g/mol. The second-order valence-corrected chi connectivity index (χ2v) is 4.09. The summed E-state index contributed by atoms with van der Waals surface area (Å²) in [5.74, 6) is 0.579. The Morgan fingerprint density at radius 2 is 2.21 bits per heavy atom. The van der Waals surface area contributed by atoms with Crippen molar-refractivity contribution in [2.75, 3.05) is 5.73 Å². The van der Waals surface area contributed by atoms with E-state index in [-0.39, 0.29) is 0 Å². The molecule has 0 radical (unpaired) electrons. The number of para-hydroxylation sites is 1. The van der Waals surface area contributed by atoms with Gasteiger partial charge < -0.3 is 10.3 Å². The van der Waals surface area contributed by atoms with Gasteiger partial charge in [0.05, 0.1) is 10.5 Å². The third-order valence-corrected chi connectivity index (χ3v) is 2.92. The van der Waals surface area contributed by atoms with Crippen molar-refractivity contribution in [3.05, 3.63) is 23.2 Å². The van der Waals surface area contributed by atoms with E-state index in [0.29, 0.717) is 17.0 Å². The van der Waals surface area contributed by atoms with Crippen LogP contribution in [0.15, 0.2) is 18.2 Å². The van der Waals surface area contributed by atoms with Crippen LogP contribution in [0.25, 0.3) is 11.0 Å². The topological polar surface area (TPSA) is 43.8 Å². The van der Waals surface area contributed by atoms with Gasteiger partial charge in [0, 0.05) is 6.04 Å². The van der Waals surface area contributed by atoms with Crippen molar-refractivity contribution in [2.24, 2.45) is 0 Å². The van der Waals surface area contributed by atoms with E-state index >= 15 is 0 Å². The highest BCUT2D eigenvalue weighted by atomic mass is 35.5. The molecule has 1 heterocycles. The minimum Gasteiger partial charge on any atom is -0.369 e. The van der Waals surface area contributed by atoms with Crippen LogP contribution in [0.5, 0.6) is 0 Å². The van der Waals surface area contributed by atoms with Gasteiger partial charge in [-0.05, 0) is 25.0 Å². The van der Waals surface area contributed by atoms with Crippen molar-refractivity contribution in [3.63, 3.8) is 0 Å². The summed E-state index contributed by atoms with van der Waals surface area (Å²) in [5, 5.41) is 0.675. The number of nitrogen functional groups attached to an aromatic ring is 1. The van der Waals surface area contributed by atoms with Gasteiger partial charge in [-0.3, -0.25) is 0 Å². The first-order chi connectivity index (χ1) is 6.77. The molecule has 0 saturated heterocycles. The molecule has 1 aliphatic rings. The molecule has 2 aromatic rings. The van der Waals surface area contributed by atoms with E-state index in [1.165, 1.54) is 12.8 Å². The Labute approximate surface area is 86.5 Å². The largest absolute Gasteiger partial charge is 0.369 e. The van der Waals surface area contributed by atoms with Crippen molar-refractivity contribution in [1.29, 1.82) is 0 Å². The van der Waals surface area contributed by atoms with Gasteiger partial charge >= 0.3 is 0 Å². The molecule has 2 N–H and O–H groups in total. The van der Waals surface area contributed by atoms with Crippen molar-refractivity contribution in [1.82, 2.24) is 9.55 Å². The number of halogens is 1. The maximum absolute atomic E-state index is 6.04. The van der Waals surface area contributed by atoms with E-state index in [1.54, 1.807) is 0 Å². The van der Waals surface area contributed by atoms with Crippen molar-refractivity contribution >= 4 is 28.6 Å². The highest BCUT2D eigenvalue weighted by molar-refractivity contribution is 6.35. The molecule has 0 unspecified atom stereocenters. The van der Waals surface area contributed by atoms with Crippen molar-refractivity contribution in [3.8, 4) is 0 Å². The van der Waals surface area contributed by atoms with Gasteiger partial charge in [-0.1, -0.05) is 17.7 Å². The normalized spacial score (nSPS) is 16.4. The molecule has 0 spiro atoms. The molecule has 1 saturated carbocycles. The highest BCUT2D eigenvalue weighted by Crippen LogP contribution is 2.40. The van der Waals surface area contributed by atoms with Crippen LogP contribution in [0.4, 0.5) is 5.95 Å². The minimum atomic E-state index is 0.540. The number of benzene rings is 1. The molecular formula is C10H10ClN3. The fourth-order valence-corrected chi connectivity index (χ4v) is 2.03. The first-order valence-corrected chi connectivity index (χ1v) is 5.07. The summed E-state index contributed by atoms with van der Waals surface area (Å²) in [4.78, 5) is 4.28. The smallest absolute Gasteiger partial charge is 0.201 e. The molecule has 1 aromatic carbocycles. The third-order valence-electron chi connectivity index (χ3n) is 2.61. The molecule has 1 aliphatic carbocycles. The molecule has 0 bridgehead atoms. The van der Waals surface area contributed by atoms with Crippen LogP contribution in [0.2, 0.25) is 5.02 Å². The number of nitrogens with two attached hydrogens (primary N) is 1. The quantitative estimate of drug-likeness (QED) is 0.781. The molecule has 14 heavy (non-hydrogen) atoms. The summed E-state index contributed by atoms with van der Waals surface area (Å²) >= 11 is 6.04. The minimum absolute atomic E-state index is 0.540. The molecule has 0 amide bonds. The maximum Gasteiger partial charge on any atom is 0.201 e. The lowest BCUT2D eigenvalue weighted by Gasteiger charge is -2.02. The van der Waals surface area contributed by atoms with E-state index in [9.17, 15) is 0 Å². The fraction of sp³-hybridized carbons (Fsp3) is 0.300. The van der Waals surface area contributed by atoms with Crippen LogP contribution in [-0.2, 0) is 0 Å². The Kier molecular flexibility index (Phi) is 1.53. The fourth-order valence-electron chi connectivity index (χ4n) is 1.82. The maximum atomic E-state index is 6.04. The van der Waals surface area contributed by atoms with Crippen LogP contribution >= 0.6 is 11.6 Å². The standard InChI is InChI=1S/C10H10ClN3/c11-7-2-1-3-8-9(7)13-10(12)14(8)6-4-5-6/h1-3,6H,4-5H2,(H2,12,13). The number of imidazole rings is 1. The Morgan fingerprint density at radius 3 is 2.93 bits per heavy atom. The van der Waals surface area contributed by atoms with E-state index in [4.69, 9.17) is 17.3 Å². The lowest BCUT2D eigenvalue weighted by Crippen LogP contribution is -2.00. The highest BCUT2D eigenvalue weighted by Gasteiger charge is 2.27. The number of hydrogen-bond acceptors (Lipinski definition) is 2. The molecule has 0 aliphatic heterocycles. The molecule has 1 fully saturated rings. The molecule has 3 nitrogen and oxygen atoms in total. The van der Waals surface area contributed by atoms with Gasteiger partial charge in [-0.2, -0.15) is 0 Å². The molecule has 72 valence electrons. The van der Waals surface area contributed by atoms with E-state index in [1.807, 2.05) is 18.2 Å². The van der Waals surface area contributed by atoms with Gasteiger partial charge in [0.15, 0.2) is 0 Å². The zero-order valence-electron chi connectivity index (χ0n) is 7.57. The third kappa shape index (κ3) is 1.02. The van der Waals surface area contributed by atoms with Crippen LogP contribution in [0, 0.1) is 0 Å². The molecule has 3 rings (SSSR count). The first kappa shape index (κ1) is 8.12. The van der Waals surface area contributed by atoms with Crippen LogP contribution in [0.3, 0.4) is 0 Å². The van der Waals surface area contributed by atoms with Crippen LogP contribution in [0.1, 0.15) is 18.9 Å². The Balaban J connectivity index is 2.37. The number of aromatic nitrogens is 2. The van der Waals surface area contributed by atoms with Crippen molar-refractivity contribution < 1.29 is 0 Å². The van der Waals surface area contributed by atoms with E-state index in [2.05, 4.69) is 9.55 Å². The number of nitrogens with zero attached hydrogens (tertiary/aromatic N) is 2. The second kappa shape index (κ2) is 2.64. The summed E-state index contributed by atoms with van der Waals surface area (Å²) in [6, 6.07) is 6.33. The zero-order chi connectivity index (χ0) is 9.71. The SMILES string of the molecule is Nc1nc2c(Cl)cccc2n1C1CC1. The van der Waals surface area contributed by atoms with Gasteiger partial charge in [0.25, 0.3) is 0 Å². The Hall–Kier alpha value is -1.22. The van der Waals surface area contributed by atoms with Crippen molar-refractivity contribution in [2.45, 2.75) is 18.9 Å². The zero-order valence-corrected chi connectivity index (χ0v) is 8.33. The Bertz CT molecular complexity index is 499. The predicted molar refractivity (Wildman–Crippen MR) is 57.4 cm³/mol. The van der Waals surface area contributed by atoms with Gasteiger partial charge in [-0.25, -0.2) is 4.98 Å². The summed E-state index contributed by atoms with van der Waals surface area (Å²) in [5.41, 5.74) is 7.73. The first-order valence-electron chi connectivity index (χ1n) is 4.69. The van der Waals surface area contributed by atoms with Crippen LogP contribution in [-0.4, -0.2) is 9.55 Å². The monoisotopic (exact) mass is 207 g/mol. The number of fused-ring (bicyclic) bond motifs is 1. The number of anilines is 1. The lowest BCUT2D eigenvalue weighted by atomic mass is 10.3. The summed E-state index contributed by atoms with van der Waals surface area (Å²) in [6.07, 6.45) is 2.39. The average Bonchev–Trinajstić information content (AvgIpc) is 2.91. The average molecular weight is 208 g/mol. The van der Waals surface area contributed by atoms with E-state index in [0.717, 1.165) is 11.0 Å². The molecule has 1 aromatic heterocycles. The Morgan fingerprint density at radius 1 is 1.43 bits per heavy atom. The number of hydrogen-bond donors (Lipinski definition) is 1. The summed E-state index contributed by atoms with van der Waals surface area (Å²) in [6.45, 7) is 0. The molecule has 0 atom stereocenters. The van der Waals surface area contributed by atoms with Gasteiger partial charge in [-0.15, -0.1) is 0 Å². The van der Waals surface area contributed by atoms with Gasteiger partial charge in [0.2, 0.25) is 5.95 Å².